The summed E-state index contributed by atoms with van der Waals surface area (Å²) in [5.74, 6) is -0.464. The SMILES string of the molecule is CCCC=C(C)C(N)=O.CN(C)CCCS(=O)(=O)O. The van der Waals surface area contributed by atoms with Crippen LogP contribution in [0.4, 0.5) is 0 Å². The van der Waals surface area contributed by atoms with Crippen LogP contribution in [0.15, 0.2) is 11.6 Å². The van der Waals surface area contributed by atoms with E-state index in [1.54, 1.807) is 6.92 Å². The lowest BCUT2D eigenvalue weighted by atomic mass is 10.2. The van der Waals surface area contributed by atoms with Crippen molar-refractivity contribution in [2.45, 2.75) is 33.1 Å². The van der Waals surface area contributed by atoms with Gasteiger partial charge in [-0.05, 0) is 40.4 Å². The quantitative estimate of drug-likeness (QED) is 0.540. The zero-order valence-electron chi connectivity index (χ0n) is 12.2. The van der Waals surface area contributed by atoms with E-state index in [4.69, 9.17) is 10.3 Å². The fraction of sp³-hybridized carbons (Fsp3) is 0.750. The highest BCUT2D eigenvalue weighted by Crippen LogP contribution is 1.95. The second-order valence-electron chi connectivity index (χ2n) is 4.48. The summed E-state index contributed by atoms with van der Waals surface area (Å²) in [6, 6.07) is 0. The molecule has 0 unspecified atom stereocenters. The van der Waals surface area contributed by atoms with Crippen molar-refractivity contribution < 1.29 is 17.8 Å². The molecule has 7 heteroatoms. The van der Waals surface area contributed by atoms with Crippen LogP contribution < -0.4 is 5.73 Å². The average Bonchev–Trinajstić information content (AvgIpc) is 2.24. The first-order valence-electron chi connectivity index (χ1n) is 6.16. The van der Waals surface area contributed by atoms with Crippen molar-refractivity contribution in [3.63, 3.8) is 0 Å². The summed E-state index contributed by atoms with van der Waals surface area (Å²) in [5, 5.41) is 0. The maximum absolute atomic E-state index is 10.4. The number of amides is 1. The lowest BCUT2D eigenvalue weighted by Crippen LogP contribution is -2.16. The van der Waals surface area contributed by atoms with Crippen LogP contribution in [-0.4, -0.2) is 50.2 Å². The highest BCUT2D eigenvalue weighted by Gasteiger charge is 2.02. The lowest BCUT2D eigenvalue weighted by molar-refractivity contribution is -0.114. The number of unbranched alkanes of at least 4 members (excludes halogenated alkanes) is 1. The van der Waals surface area contributed by atoms with Crippen LogP contribution in [0, 0.1) is 0 Å². The molecule has 0 atom stereocenters. The van der Waals surface area contributed by atoms with E-state index in [1.807, 2.05) is 25.1 Å². The van der Waals surface area contributed by atoms with Crippen LogP contribution in [0.25, 0.3) is 0 Å². The van der Waals surface area contributed by atoms with Crippen molar-refractivity contribution in [3.8, 4) is 0 Å². The highest BCUT2D eigenvalue weighted by atomic mass is 32.2. The molecule has 19 heavy (non-hydrogen) atoms. The summed E-state index contributed by atoms with van der Waals surface area (Å²) in [6.45, 7) is 4.47. The van der Waals surface area contributed by atoms with Crippen molar-refractivity contribution in [1.29, 1.82) is 0 Å². The molecule has 0 aliphatic rings. The van der Waals surface area contributed by atoms with Crippen LogP contribution in [0.1, 0.15) is 33.1 Å². The van der Waals surface area contributed by atoms with Gasteiger partial charge in [0.15, 0.2) is 0 Å². The largest absolute Gasteiger partial charge is 0.366 e. The Morgan fingerprint density at radius 3 is 2.21 bits per heavy atom. The van der Waals surface area contributed by atoms with E-state index < -0.39 is 10.1 Å². The van der Waals surface area contributed by atoms with Crippen LogP contribution in [0.3, 0.4) is 0 Å². The van der Waals surface area contributed by atoms with Gasteiger partial charge in [-0.25, -0.2) is 0 Å². The molecule has 0 radical (unpaired) electrons. The number of hydrogen-bond donors (Lipinski definition) is 2. The van der Waals surface area contributed by atoms with E-state index in [2.05, 4.69) is 6.92 Å². The Bertz CT molecular complexity index is 375. The molecule has 6 nitrogen and oxygen atoms in total. The van der Waals surface area contributed by atoms with E-state index in [9.17, 15) is 13.2 Å². The Morgan fingerprint density at radius 1 is 1.37 bits per heavy atom. The predicted molar refractivity (Wildman–Crippen MR) is 77.4 cm³/mol. The molecule has 0 aliphatic heterocycles. The molecule has 0 aromatic carbocycles. The molecule has 0 rings (SSSR count). The molecule has 0 spiro atoms. The van der Waals surface area contributed by atoms with Crippen LogP contribution >= 0.6 is 0 Å². The van der Waals surface area contributed by atoms with Crippen LogP contribution in [-0.2, 0) is 14.9 Å². The van der Waals surface area contributed by atoms with Crippen molar-refractivity contribution in [2.24, 2.45) is 5.73 Å². The summed E-state index contributed by atoms with van der Waals surface area (Å²) in [7, 11) is -0.0441. The Morgan fingerprint density at radius 2 is 1.89 bits per heavy atom. The van der Waals surface area contributed by atoms with Gasteiger partial charge in [0.05, 0.1) is 5.75 Å². The van der Waals surface area contributed by atoms with E-state index in [0.717, 1.165) is 12.8 Å². The topological polar surface area (TPSA) is 101 Å². The molecule has 0 saturated carbocycles. The number of nitrogens with zero attached hydrogens (tertiary/aromatic N) is 1. The Balaban J connectivity index is 0. The molecule has 0 aromatic heterocycles. The highest BCUT2D eigenvalue weighted by molar-refractivity contribution is 7.85. The molecule has 0 fully saturated rings. The maximum atomic E-state index is 10.4. The van der Waals surface area contributed by atoms with Gasteiger partial charge in [-0.3, -0.25) is 9.35 Å². The van der Waals surface area contributed by atoms with Gasteiger partial charge in [-0.2, -0.15) is 8.42 Å². The average molecular weight is 294 g/mol. The summed E-state index contributed by atoms with van der Waals surface area (Å²) < 4.78 is 28.6. The van der Waals surface area contributed by atoms with Gasteiger partial charge >= 0.3 is 0 Å². The monoisotopic (exact) mass is 294 g/mol. The van der Waals surface area contributed by atoms with Gasteiger partial charge in [-0.15, -0.1) is 0 Å². The number of allylic oxidation sites excluding steroid dienone is 1. The Labute approximate surface area is 116 Å². The smallest absolute Gasteiger partial charge is 0.264 e. The molecular weight excluding hydrogens is 268 g/mol. The van der Waals surface area contributed by atoms with Crippen LogP contribution in [0.5, 0.6) is 0 Å². The first-order chi connectivity index (χ1) is 8.60. The molecule has 114 valence electrons. The van der Waals surface area contributed by atoms with E-state index in [0.29, 0.717) is 18.5 Å². The Kier molecular flexibility index (Phi) is 11.8. The van der Waals surface area contributed by atoms with Gasteiger partial charge in [0.25, 0.3) is 10.1 Å². The third-order valence-corrected chi connectivity index (χ3v) is 2.94. The lowest BCUT2D eigenvalue weighted by Gasteiger charge is -2.06. The first-order valence-corrected chi connectivity index (χ1v) is 7.77. The molecular formula is C12H26N2O4S. The molecule has 0 aromatic rings. The molecule has 0 heterocycles. The van der Waals surface area contributed by atoms with Gasteiger partial charge in [-0.1, -0.05) is 19.4 Å². The third kappa shape index (κ3) is 19.6. The Hall–Kier alpha value is -0.920. The van der Waals surface area contributed by atoms with Crippen LogP contribution in [0.2, 0.25) is 0 Å². The van der Waals surface area contributed by atoms with Gasteiger partial charge < -0.3 is 10.6 Å². The van der Waals surface area contributed by atoms with E-state index in [1.165, 1.54) is 0 Å². The van der Waals surface area contributed by atoms with E-state index in [-0.39, 0.29) is 11.7 Å². The van der Waals surface area contributed by atoms with Gasteiger partial charge in [0.1, 0.15) is 0 Å². The standard InChI is InChI=1S/C7H13NO.C5H13NO3S/c1-3-4-5-6(2)7(8)9;1-6(2)4-3-5-10(7,8)9/h5H,3-4H2,1-2H3,(H2,8,9);3-5H2,1-2H3,(H,7,8,9). The third-order valence-electron chi connectivity index (χ3n) is 2.14. The van der Waals surface area contributed by atoms with Crippen molar-refractivity contribution in [2.75, 3.05) is 26.4 Å². The number of hydrogen-bond acceptors (Lipinski definition) is 4. The van der Waals surface area contributed by atoms with Gasteiger partial charge in [0.2, 0.25) is 5.91 Å². The fourth-order valence-corrected chi connectivity index (χ4v) is 1.52. The van der Waals surface area contributed by atoms with Crippen molar-refractivity contribution in [1.82, 2.24) is 4.90 Å². The van der Waals surface area contributed by atoms with Crippen molar-refractivity contribution in [3.05, 3.63) is 11.6 Å². The molecule has 3 N–H and O–H groups in total. The normalized spacial score (nSPS) is 12.0. The molecule has 0 bridgehead atoms. The zero-order valence-corrected chi connectivity index (χ0v) is 13.0. The maximum Gasteiger partial charge on any atom is 0.264 e. The number of nitrogens with two attached hydrogens (primary N) is 1. The van der Waals surface area contributed by atoms with E-state index >= 15 is 0 Å². The van der Waals surface area contributed by atoms with Gasteiger partial charge in [0, 0.05) is 5.57 Å². The zero-order chi connectivity index (χ0) is 15.5. The number of carbonyl (C=O) groups is 1. The minimum Gasteiger partial charge on any atom is -0.366 e. The minimum absolute atomic E-state index is 0.148. The summed E-state index contributed by atoms with van der Waals surface area (Å²) in [4.78, 5) is 12.2. The second-order valence-corrected chi connectivity index (χ2v) is 6.06. The number of carbonyl (C=O) groups excluding carboxylic acids is 1. The summed E-state index contributed by atoms with van der Waals surface area (Å²) in [6.07, 6.45) is 4.34. The number of rotatable bonds is 7. The fourth-order valence-electron chi connectivity index (χ4n) is 1.02. The predicted octanol–water partition coefficient (Wildman–Crippen LogP) is 1.04. The first kappa shape index (κ1) is 20.4. The molecule has 0 aliphatic carbocycles. The number of primary amides is 1. The second kappa shape index (κ2) is 11.0. The molecule has 0 saturated heterocycles. The summed E-state index contributed by atoms with van der Waals surface area (Å²) >= 11 is 0. The minimum atomic E-state index is -3.75. The molecule has 1 amide bonds. The van der Waals surface area contributed by atoms with Crippen molar-refractivity contribution >= 4 is 16.0 Å². The summed E-state index contributed by atoms with van der Waals surface area (Å²) in [5.41, 5.74) is 5.63.